The minimum absolute atomic E-state index is 0.0121. The molecule has 21 heavy (non-hydrogen) atoms. The van der Waals surface area contributed by atoms with E-state index < -0.39 is 4.92 Å². The summed E-state index contributed by atoms with van der Waals surface area (Å²) in [5, 5.41) is 20.9. The highest BCUT2D eigenvalue weighted by Gasteiger charge is 2.20. The Hall–Kier alpha value is -2.81. The van der Waals surface area contributed by atoms with Gasteiger partial charge in [-0.25, -0.2) is 9.97 Å². The summed E-state index contributed by atoms with van der Waals surface area (Å²) < 4.78 is 0. The van der Waals surface area contributed by atoms with E-state index in [1.165, 1.54) is 12.5 Å². The number of nitrogens with one attached hydrogen (secondary N) is 2. The summed E-state index contributed by atoms with van der Waals surface area (Å²) in [4.78, 5) is 18.4. The van der Waals surface area contributed by atoms with Crippen molar-refractivity contribution in [3.8, 4) is 0 Å². The topological polar surface area (TPSA) is 110 Å². The maximum absolute atomic E-state index is 10.7. The monoisotopic (exact) mass is 302 g/mol. The molecule has 2 N–H and O–H groups in total. The summed E-state index contributed by atoms with van der Waals surface area (Å²) in [6.07, 6.45) is 2.65. The van der Waals surface area contributed by atoms with E-state index in [9.17, 15) is 10.1 Å². The molecule has 3 aromatic rings. The normalized spacial score (nSPS) is 12.0. The predicted octanol–water partition coefficient (Wildman–Crippen LogP) is 2.37. The second-order valence-electron chi connectivity index (χ2n) is 4.12. The number of nitro groups is 1. The van der Waals surface area contributed by atoms with Crippen LogP contribution in [0.5, 0.6) is 0 Å². The maximum Gasteiger partial charge on any atom is 0.345 e. The molecule has 0 amide bonds. The fourth-order valence-electron chi connectivity index (χ4n) is 1.85. The highest BCUT2D eigenvalue weighted by molar-refractivity contribution is 7.18. The molecule has 0 saturated heterocycles. The van der Waals surface area contributed by atoms with Gasteiger partial charge in [-0.05, 0) is 16.9 Å². The number of rotatable bonds is 5. The van der Waals surface area contributed by atoms with E-state index >= 15 is 0 Å². The van der Waals surface area contributed by atoms with Crippen molar-refractivity contribution >= 4 is 21.5 Å². The molecule has 0 aliphatic carbocycles. The molecule has 0 bridgehead atoms. The largest absolute Gasteiger partial charge is 0.347 e. The van der Waals surface area contributed by atoms with Gasteiger partial charge in [-0.1, -0.05) is 30.3 Å². The van der Waals surface area contributed by atoms with E-state index in [4.69, 9.17) is 0 Å². The summed E-state index contributed by atoms with van der Waals surface area (Å²) in [6, 6.07) is 9.29. The fourth-order valence-corrected chi connectivity index (χ4v) is 2.51. The average Bonchev–Trinajstić information content (AvgIpc) is 3.17. The predicted molar refractivity (Wildman–Crippen MR) is 77.1 cm³/mol. The first-order valence-electron chi connectivity index (χ1n) is 6.01. The van der Waals surface area contributed by atoms with Crippen LogP contribution in [0.25, 0.3) is 0 Å². The summed E-state index contributed by atoms with van der Waals surface area (Å²) in [7, 11) is 0. The van der Waals surface area contributed by atoms with Crippen LogP contribution >= 0.6 is 11.3 Å². The second-order valence-corrected chi connectivity index (χ2v) is 5.13. The fraction of sp³-hybridized carbons (Fsp3) is 0.0833. The Kier molecular flexibility index (Phi) is 3.56. The van der Waals surface area contributed by atoms with Crippen LogP contribution in [0.2, 0.25) is 0 Å². The molecule has 0 saturated carbocycles. The molecule has 1 aromatic carbocycles. The molecular formula is C12H10N6O2S. The van der Waals surface area contributed by atoms with Gasteiger partial charge in [0.1, 0.15) is 18.6 Å². The number of benzene rings is 1. The summed E-state index contributed by atoms with van der Waals surface area (Å²) in [5.41, 5.74) is 0.951. The summed E-state index contributed by atoms with van der Waals surface area (Å²) in [5.74, 6) is 0.610. The first-order chi connectivity index (χ1) is 10.2. The molecule has 2 aromatic heterocycles. The summed E-state index contributed by atoms with van der Waals surface area (Å²) in [6.45, 7) is 0. The molecule has 2 heterocycles. The highest BCUT2D eigenvalue weighted by atomic mass is 32.1. The van der Waals surface area contributed by atoms with Crippen LogP contribution in [0.3, 0.4) is 0 Å². The molecule has 0 aliphatic heterocycles. The van der Waals surface area contributed by atoms with Crippen molar-refractivity contribution in [3.05, 3.63) is 64.4 Å². The lowest BCUT2D eigenvalue weighted by Gasteiger charge is -2.15. The number of hydrogen-bond donors (Lipinski definition) is 2. The van der Waals surface area contributed by atoms with Crippen LogP contribution in [0, 0.1) is 10.1 Å². The van der Waals surface area contributed by atoms with E-state index in [1.54, 1.807) is 0 Å². The zero-order chi connectivity index (χ0) is 14.7. The molecule has 0 fully saturated rings. The molecular weight excluding hydrogens is 292 g/mol. The molecule has 8 nitrogen and oxygen atoms in total. The van der Waals surface area contributed by atoms with Crippen molar-refractivity contribution in [1.82, 2.24) is 20.2 Å². The van der Waals surface area contributed by atoms with Crippen molar-refractivity contribution in [2.24, 2.45) is 0 Å². The quantitative estimate of drug-likeness (QED) is 0.553. The van der Waals surface area contributed by atoms with Crippen molar-refractivity contribution in [3.63, 3.8) is 0 Å². The smallest absolute Gasteiger partial charge is 0.345 e. The number of hydrogen-bond acceptors (Lipinski definition) is 7. The third-order valence-electron chi connectivity index (χ3n) is 2.78. The molecule has 106 valence electrons. The zero-order valence-electron chi connectivity index (χ0n) is 10.6. The standard InChI is InChI=1S/C12H10N6O2S/c19-18(20)9-6-13-12(21-9)16-10(11-14-7-15-17-11)8-4-2-1-3-5-8/h1-7,10H,(H,13,16)(H,14,15,17)/t10-/m1/s1. The van der Waals surface area contributed by atoms with Crippen LogP contribution in [0.15, 0.2) is 42.9 Å². The van der Waals surface area contributed by atoms with Gasteiger partial charge in [-0.15, -0.1) is 0 Å². The number of nitrogens with zero attached hydrogens (tertiary/aromatic N) is 4. The van der Waals surface area contributed by atoms with Crippen LogP contribution in [-0.2, 0) is 0 Å². The highest BCUT2D eigenvalue weighted by Crippen LogP contribution is 2.30. The molecule has 0 spiro atoms. The Morgan fingerprint density at radius 3 is 2.71 bits per heavy atom. The number of anilines is 1. The van der Waals surface area contributed by atoms with Gasteiger partial charge in [0.2, 0.25) is 0 Å². The Labute approximate surface area is 123 Å². The molecule has 9 heteroatoms. The lowest BCUT2D eigenvalue weighted by atomic mass is 10.1. The lowest BCUT2D eigenvalue weighted by Crippen LogP contribution is -2.13. The Morgan fingerprint density at radius 2 is 2.10 bits per heavy atom. The van der Waals surface area contributed by atoms with Gasteiger partial charge < -0.3 is 5.32 Å². The van der Waals surface area contributed by atoms with Crippen LogP contribution in [0.4, 0.5) is 10.1 Å². The van der Waals surface area contributed by atoms with Crippen LogP contribution in [-0.4, -0.2) is 25.1 Å². The van der Waals surface area contributed by atoms with Gasteiger partial charge in [0.25, 0.3) is 0 Å². The molecule has 1 atom stereocenters. The number of thiazole rings is 1. The van der Waals surface area contributed by atoms with E-state index in [0.717, 1.165) is 16.9 Å². The van der Waals surface area contributed by atoms with Crippen molar-refractivity contribution in [2.75, 3.05) is 5.32 Å². The summed E-state index contributed by atoms with van der Waals surface area (Å²) >= 11 is 0.978. The Bertz CT molecular complexity index is 727. The Morgan fingerprint density at radius 1 is 1.29 bits per heavy atom. The van der Waals surface area contributed by atoms with Gasteiger partial charge in [-0.2, -0.15) is 5.10 Å². The second kappa shape index (κ2) is 5.67. The van der Waals surface area contributed by atoms with Gasteiger partial charge in [-0.3, -0.25) is 15.2 Å². The van der Waals surface area contributed by atoms with E-state index in [1.807, 2.05) is 30.3 Å². The number of aromatic amines is 1. The van der Waals surface area contributed by atoms with Gasteiger partial charge >= 0.3 is 5.00 Å². The first-order valence-corrected chi connectivity index (χ1v) is 6.82. The average molecular weight is 302 g/mol. The molecule has 0 unspecified atom stereocenters. The molecule has 0 aliphatic rings. The SMILES string of the molecule is O=[N+]([O-])c1cnc(N[C@H](c2ccccc2)c2ncn[nH]2)s1. The zero-order valence-corrected chi connectivity index (χ0v) is 11.4. The number of aromatic nitrogens is 4. The molecule has 0 radical (unpaired) electrons. The van der Waals surface area contributed by atoms with Crippen LogP contribution in [0.1, 0.15) is 17.4 Å². The minimum atomic E-state index is -0.463. The lowest BCUT2D eigenvalue weighted by molar-refractivity contribution is -0.380. The first kappa shape index (κ1) is 13.2. The minimum Gasteiger partial charge on any atom is -0.347 e. The maximum atomic E-state index is 10.7. The van der Waals surface area contributed by atoms with Gasteiger partial charge in [0.05, 0.1) is 4.92 Å². The van der Waals surface area contributed by atoms with Gasteiger partial charge in [0, 0.05) is 0 Å². The van der Waals surface area contributed by atoms with Crippen molar-refractivity contribution in [1.29, 1.82) is 0 Å². The van der Waals surface area contributed by atoms with Crippen LogP contribution < -0.4 is 5.32 Å². The Balaban J connectivity index is 1.91. The van der Waals surface area contributed by atoms with Crippen molar-refractivity contribution in [2.45, 2.75) is 6.04 Å². The third-order valence-corrected chi connectivity index (χ3v) is 3.66. The third kappa shape index (κ3) is 2.87. The number of H-pyrrole nitrogens is 1. The van der Waals surface area contributed by atoms with Gasteiger partial charge in [0.15, 0.2) is 11.0 Å². The van der Waals surface area contributed by atoms with E-state index in [-0.39, 0.29) is 11.0 Å². The van der Waals surface area contributed by atoms with Crippen molar-refractivity contribution < 1.29 is 4.92 Å². The van der Waals surface area contributed by atoms with E-state index in [2.05, 4.69) is 25.5 Å². The van der Waals surface area contributed by atoms with E-state index in [0.29, 0.717) is 11.0 Å². The molecule has 3 rings (SSSR count).